The van der Waals surface area contributed by atoms with Gasteiger partial charge in [0.2, 0.25) is 11.8 Å². The Kier molecular flexibility index (Phi) is 6.78. The second-order valence-electron chi connectivity index (χ2n) is 3.50. The van der Waals surface area contributed by atoms with E-state index in [0.29, 0.717) is 13.1 Å². The van der Waals surface area contributed by atoms with E-state index in [1.807, 2.05) is 19.0 Å². The van der Waals surface area contributed by atoms with Crippen LogP contribution in [-0.2, 0) is 9.59 Å². The van der Waals surface area contributed by atoms with E-state index >= 15 is 0 Å². The molecule has 0 spiro atoms. The number of likely N-dealkylation sites (N-methyl/N-ethyl adjacent to an activating group) is 2. The third-order valence-corrected chi connectivity index (χ3v) is 1.96. The van der Waals surface area contributed by atoms with Crippen molar-refractivity contribution in [3.63, 3.8) is 0 Å². The predicted octanol–water partition coefficient (Wildman–Crippen LogP) is -1.29. The Morgan fingerprint density at radius 2 is 1.87 bits per heavy atom. The Bertz CT molecular complexity index is 221. The van der Waals surface area contributed by atoms with Crippen LogP contribution in [0.5, 0.6) is 0 Å². The van der Waals surface area contributed by atoms with Gasteiger partial charge >= 0.3 is 0 Å². The van der Waals surface area contributed by atoms with Gasteiger partial charge in [-0.2, -0.15) is 0 Å². The molecule has 0 atom stereocenters. The molecule has 84 valence electrons. The topological polar surface area (TPSA) is 52.7 Å². The van der Waals surface area contributed by atoms with Crippen LogP contribution >= 0.6 is 0 Å². The lowest BCUT2D eigenvalue weighted by Crippen LogP contribution is -2.42. The highest BCUT2D eigenvalue weighted by molar-refractivity contribution is 6.19. The Labute approximate surface area is 92.2 Å². The molecule has 15 heavy (non-hydrogen) atoms. The van der Waals surface area contributed by atoms with Gasteiger partial charge in [0.25, 0.3) is 0 Å². The molecule has 0 unspecified atom stereocenters. The van der Waals surface area contributed by atoms with Crippen LogP contribution in [0.4, 0.5) is 0 Å². The molecule has 0 rings (SSSR count). The van der Waals surface area contributed by atoms with E-state index in [2.05, 4.69) is 5.32 Å². The van der Waals surface area contributed by atoms with Gasteiger partial charge in [0, 0.05) is 20.1 Å². The van der Waals surface area contributed by atoms with Gasteiger partial charge in [-0.15, -0.1) is 0 Å². The molecule has 0 aromatic rings. The molecule has 0 saturated heterocycles. The summed E-state index contributed by atoms with van der Waals surface area (Å²) in [4.78, 5) is 25.9. The van der Waals surface area contributed by atoms with Crippen LogP contribution in [0, 0.1) is 0 Å². The van der Waals surface area contributed by atoms with Crippen molar-refractivity contribution < 1.29 is 9.59 Å². The van der Waals surface area contributed by atoms with Crippen molar-refractivity contribution in [1.29, 1.82) is 0 Å². The minimum Gasteiger partial charge on any atom is -0.358 e. The number of hydrogen-bond donors (Lipinski definition) is 1. The number of rotatable bonds is 6. The first-order valence-corrected chi connectivity index (χ1v) is 4.84. The van der Waals surface area contributed by atoms with Gasteiger partial charge in [0.15, 0.2) is 0 Å². The van der Waals surface area contributed by atoms with Crippen LogP contribution in [0.25, 0.3) is 0 Å². The fourth-order valence-corrected chi connectivity index (χ4v) is 0.994. The summed E-state index contributed by atoms with van der Waals surface area (Å²) in [6, 6.07) is 0. The third-order valence-electron chi connectivity index (χ3n) is 1.96. The van der Waals surface area contributed by atoms with E-state index in [1.165, 1.54) is 4.90 Å². The zero-order valence-corrected chi connectivity index (χ0v) is 9.62. The van der Waals surface area contributed by atoms with E-state index in [1.54, 1.807) is 7.05 Å². The number of amides is 2. The van der Waals surface area contributed by atoms with Crippen LogP contribution in [0.15, 0.2) is 0 Å². The van der Waals surface area contributed by atoms with Crippen molar-refractivity contribution in [2.45, 2.75) is 6.32 Å². The fraction of sp³-hybridized carbons (Fsp3) is 0.778. The lowest BCUT2D eigenvalue weighted by Gasteiger charge is -2.23. The zero-order chi connectivity index (χ0) is 11.8. The van der Waals surface area contributed by atoms with Crippen molar-refractivity contribution in [3.05, 3.63) is 0 Å². The first-order valence-electron chi connectivity index (χ1n) is 4.84. The molecule has 0 heterocycles. The molecule has 2 radical (unpaired) electrons. The normalized spacial score (nSPS) is 10.1. The number of nitrogens with one attached hydrogen (secondary N) is 1. The maximum atomic E-state index is 11.4. The number of hydrogen-bond acceptors (Lipinski definition) is 3. The molecular weight excluding hydrogens is 193 g/mol. The maximum absolute atomic E-state index is 11.4. The average molecular weight is 211 g/mol. The van der Waals surface area contributed by atoms with Crippen molar-refractivity contribution in [2.24, 2.45) is 0 Å². The Balaban J connectivity index is 4.18. The SMILES string of the molecule is [B]CC(=O)N(CCN(C)C)CC(=O)NC. The summed E-state index contributed by atoms with van der Waals surface area (Å²) < 4.78 is 0. The Hall–Kier alpha value is -1.04. The van der Waals surface area contributed by atoms with Gasteiger partial charge < -0.3 is 15.1 Å². The first-order chi connectivity index (χ1) is 7.01. The molecule has 0 saturated carbocycles. The highest BCUT2D eigenvalue weighted by Crippen LogP contribution is 1.93. The summed E-state index contributed by atoms with van der Waals surface area (Å²) in [5.41, 5.74) is 0. The van der Waals surface area contributed by atoms with Crippen molar-refractivity contribution >= 4 is 19.7 Å². The molecule has 0 fully saturated rings. The predicted molar refractivity (Wildman–Crippen MR) is 59.8 cm³/mol. The molecule has 0 aliphatic heterocycles. The first kappa shape index (κ1) is 14.0. The van der Waals surface area contributed by atoms with E-state index < -0.39 is 0 Å². The Morgan fingerprint density at radius 3 is 2.27 bits per heavy atom. The van der Waals surface area contributed by atoms with Gasteiger partial charge in [-0.3, -0.25) is 9.59 Å². The van der Waals surface area contributed by atoms with Gasteiger partial charge in [0.05, 0.1) is 14.4 Å². The van der Waals surface area contributed by atoms with Crippen molar-refractivity contribution in [2.75, 3.05) is 40.8 Å². The summed E-state index contributed by atoms with van der Waals surface area (Å²) >= 11 is 0. The van der Waals surface area contributed by atoms with Crippen LogP contribution in [0.2, 0.25) is 6.32 Å². The molecule has 0 aliphatic rings. The highest BCUT2D eigenvalue weighted by Gasteiger charge is 2.14. The van der Waals surface area contributed by atoms with Gasteiger partial charge in [-0.1, -0.05) is 0 Å². The van der Waals surface area contributed by atoms with Gasteiger partial charge in [-0.05, 0) is 20.4 Å². The molecular formula is C9H18BN3O2. The summed E-state index contributed by atoms with van der Waals surface area (Å²) in [6.07, 6.45) is -0.0651. The lowest BCUT2D eigenvalue weighted by atomic mass is 10.0. The van der Waals surface area contributed by atoms with Crippen LogP contribution in [0.3, 0.4) is 0 Å². The molecule has 0 bridgehead atoms. The second kappa shape index (κ2) is 7.28. The summed E-state index contributed by atoms with van der Waals surface area (Å²) in [5, 5.41) is 2.47. The van der Waals surface area contributed by atoms with Crippen molar-refractivity contribution in [1.82, 2.24) is 15.1 Å². The lowest BCUT2D eigenvalue weighted by molar-refractivity contribution is -0.134. The largest absolute Gasteiger partial charge is 0.358 e. The fourth-order valence-electron chi connectivity index (χ4n) is 0.994. The van der Waals surface area contributed by atoms with E-state index in [-0.39, 0.29) is 24.7 Å². The number of nitrogens with zero attached hydrogens (tertiary/aromatic N) is 2. The summed E-state index contributed by atoms with van der Waals surface area (Å²) in [7, 11) is 10.6. The third kappa shape index (κ3) is 6.12. The molecule has 6 heteroatoms. The average Bonchev–Trinajstić information content (AvgIpc) is 2.22. The molecule has 2 amide bonds. The molecule has 0 aliphatic carbocycles. The van der Waals surface area contributed by atoms with Crippen LogP contribution < -0.4 is 5.32 Å². The molecule has 0 aromatic heterocycles. The maximum Gasteiger partial charge on any atom is 0.239 e. The van der Waals surface area contributed by atoms with Crippen LogP contribution in [-0.4, -0.2) is 70.2 Å². The monoisotopic (exact) mass is 211 g/mol. The summed E-state index contributed by atoms with van der Waals surface area (Å²) in [5.74, 6) is -0.393. The highest BCUT2D eigenvalue weighted by atomic mass is 16.2. The van der Waals surface area contributed by atoms with Crippen LogP contribution in [0.1, 0.15) is 0 Å². The van der Waals surface area contributed by atoms with E-state index in [9.17, 15) is 9.59 Å². The summed E-state index contributed by atoms with van der Waals surface area (Å²) in [6.45, 7) is 1.29. The minimum atomic E-state index is -0.208. The van der Waals surface area contributed by atoms with Gasteiger partial charge in [0.1, 0.15) is 0 Å². The van der Waals surface area contributed by atoms with Crippen molar-refractivity contribution in [3.8, 4) is 0 Å². The standard InChI is InChI=1S/C9H18BN3O2/c1-11-8(14)7-13(9(15)6-10)5-4-12(2)3/h4-7H2,1-3H3,(H,11,14). The number of carbonyl (C=O) groups is 2. The van der Waals surface area contributed by atoms with Gasteiger partial charge in [-0.25, -0.2) is 0 Å². The minimum absolute atomic E-state index is 0.0651. The smallest absolute Gasteiger partial charge is 0.239 e. The second-order valence-corrected chi connectivity index (χ2v) is 3.50. The number of carbonyl (C=O) groups excluding carboxylic acids is 2. The van der Waals surface area contributed by atoms with E-state index in [4.69, 9.17) is 7.85 Å². The molecule has 0 aromatic carbocycles. The zero-order valence-electron chi connectivity index (χ0n) is 9.62. The quantitative estimate of drug-likeness (QED) is 0.556. The molecule has 5 nitrogen and oxygen atoms in total. The molecule has 1 N–H and O–H groups in total. The Morgan fingerprint density at radius 1 is 1.27 bits per heavy atom. The van der Waals surface area contributed by atoms with E-state index in [0.717, 1.165) is 0 Å².